The second-order valence-corrected chi connectivity index (χ2v) is 5.94. The summed E-state index contributed by atoms with van der Waals surface area (Å²) in [6, 6.07) is 7.93. The molecular formula is C18H24N4O. The molecule has 0 bridgehead atoms. The lowest BCUT2D eigenvalue weighted by atomic mass is 10.1. The normalized spacial score (nSPS) is 11.9. The predicted molar refractivity (Wildman–Crippen MR) is 93.2 cm³/mol. The molecule has 1 unspecified atom stereocenters. The summed E-state index contributed by atoms with van der Waals surface area (Å²) in [5.41, 5.74) is 4.38. The number of nitrogens with zero attached hydrogens (tertiary/aromatic N) is 2. The van der Waals surface area contributed by atoms with Crippen molar-refractivity contribution >= 4 is 17.5 Å². The van der Waals surface area contributed by atoms with Gasteiger partial charge in [0.2, 0.25) is 5.95 Å². The number of benzene rings is 1. The maximum absolute atomic E-state index is 12.3. The van der Waals surface area contributed by atoms with E-state index in [2.05, 4.69) is 33.6 Å². The van der Waals surface area contributed by atoms with Crippen LogP contribution in [0.2, 0.25) is 0 Å². The van der Waals surface area contributed by atoms with Gasteiger partial charge in [-0.1, -0.05) is 24.6 Å². The Kier molecular flexibility index (Phi) is 5.32. The van der Waals surface area contributed by atoms with Crippen molar-refractivity contribution in [2.24, 2.45) is 0 Å². The molecule has 1 heterocycles. The number of anilines is 2. The summed E-state index contributed by atoms with van der Waals surface area (Å²) >= 11 is 0. The molecule has 0 spiro atoms. The van der Waals surface area contributed by atoms with Crippen molar-refractivity contribution in [3.05, 3.63) is 46.8 Å². The van der Waals surface area contributed by atoms with Crippen molar-refractivity contribution in [3.63, 3.8) is 0 Å². The van der Waals surface area contributed by atoms with Gasteiger partial charge in [-0.3, -0.25) is 4.79 Å². The van der Waals surface area contributed by atoms with Gasteiger partial charge in [-0.25, -0.2) is 9.97 Å². The van der Waals surface area contributed by atoms with Gasteiger partial charge in [0, 0.05) is 17.4 Å². The Morgan fingerprint density at radius 1 is 1.17 bits per heavy atom. The molecule has 2 aromatic rings. The molecule has 5 heteroatoms. The van der Waals surface area contributed by atoms with Crippen LogP contribution in [0.1, 0.15) is 47.6 Å². The zero-order valence-electron chi connectivity index (χ0n) is 14.4. The van der Waals surface area contributed by atoms with Crippen molar-refractivity contribution in [2.45, 2.75) is 47.1 Å². The highest BCUT2D eigenvalue weighted by atomic mass is 16.1. The first-order chi connectivity index (χ1) is 10.9. The van der Waals surface area contributed by atoms with Crippen molar-refractivity contribution in [1.82, 2.24) is 15.3 Å². The number of aromatic nitrogens is 2. The zero-order chi connectivity index (χ0) is 17.0. The minimum Gasteiger partial charge on any atom is -0.348 e. The number of hydrogen-bond donors (Lipinski definition) is 2. The molecule has 5 nitrogen and oxygen atoms in total. The van der Waals surface area contributed by atoms with E-state index in [0.717, 1.165) is 23.4 Å². The van der Waals surface area contributed by atoms with Crippen LogP contribution in [0.25, 0.3) is 0 Å². The maximum Gasteiger partial charge on any atom is 0.270 e. The van der Waals surface area contributed by atoms with Crippen LogP contribution in [0.5, 0.6) is 0 Å². The molecule has 0 aliphatic carbocycles. The van der Waals surface area contributed by atoms with E-state index in [1.807, 2.05) is 39.8 Å². The summed E-state index contributed by atoms with van der Waals surface area (Å²) < 4.78 is 0. The van der Waals surface area contributed by atoms with Crippen molar-refractivity contribution in [1.29, 1.82) is 0 Å². The van der Waals surface area contributed by atoms with Gasteiger partial charge in [0.05, 0.1) is 0 Å². The van der Waals surface area contributed by atoms with Gasteiger partial charge in [0.25, 0.3) is 5.91 Å². The minimum atomic E-state index is -0.173. The number of carbonyl (C=O) groups excluding carboxylic acids is 1. The quantitative estimate of drug-likeness (QED) is 0.884. The molecule has 0 aliphatic heterocycles. The second-order valence-electron chi connectivity index (χ2n) is 5.94. The number of hydrogen-bond acceptors (Lipinski definition) is 4. The predicted octanol–water partition coefficient (Wildman–Crippen LogP) is 3.67. The van der Waals surface area contributed by atoms with Crippen LogP contribution >= 0.6 is 0 Å². The van der Waals surface area contributed by atoms with Crippen molar-refractivity contribution in [2.75, 3.05) is 5.32 Å². The molecule has 0 aliphatic rings. The molecule has 1 aromatic carbocycles. The first-order valence-electron chi connectivity index (χ1n) is 7.90. The average molecular weight is 312 g/mol. The van der Waals surface area contributed by atoms with Crippen LogP contribution in [-0.4, -0.2) is 21.9 Å². The minimum absolute atomic E-state index is 0.119. The third-order valence-corrected chi connectivity index (χ3v) is 3.71. The van der Waals surface area contributed by atoms with E-state index in [-0.39, 0.29) is 11.9 Å². The standard InChI is InChI=1S/C18H24N4O/c1-6-13(4)19-17(23)16-10-14(5)20-18(22-16)21-15-8-7-11(2)9-12(15)3/h7-10,13H,6H2,1-5H3,(H,19,23)(H,20,21,22). The lowest BCUT2D eigenvalue weighted by Crippen LogP contribution is -2.32. The Morgan fingerprint density at radius 3 is 2.57 bits per heavy atom. The highest BCUT2D eigenvalue weighted by molar-refractivity contribution is 5.92. The molecule has 1 amide bonds. The third-order valence-electron chi connectivity index (χ3n) is 3.71. The van der Waals surface area contributed by atoms with Crippen LogP contribution in [0.4, 0.5) is 11.6 Å². The Balaban J connectivity index is 2.24. The molecule has 1 aromatic heterocycles. The van der Waals surface area contributed by atoms with Crippen LogP contribution < -0.4 is 10.6 Å². The highest BCUT2D eigenvalue weighted by Gasteiger charge is 2.13. The van der Waals surface area contributed by atoms with Crippen LogP contribution in [0.3, 0.4) is 0 Å². The van der Waals surface area contributed by atoms with Gasteiger partial charge >= 0.3 is 0 Å². The average Bonchev–Trinajstić information content (AvgIpc) is 2.49. The number of rotatable bonds is 5. The van der Waals surface area contributed by atoms with E-state index in [0.29, 0.717) is 11.6 Å². The monoisotopic (exact) mass is 312 g/mol. The van der Waals surface area contributed by atoms with Gasteiger partial charge in [0.15, 0.2) is 0 Å². The summed E-state index contributed by atoms with van der Waals surface area (Å²) in [5.74, 6) is 0.264. The lowest BCUT2D eigenvalue weighted by molar-refractivity contribution is 0.0934. The molecule has 0 fully saturated rings. The van der Waals surface area contributed by atoms with Gasteiger partial charge < -0.3 is 10.6 Å². The van der Waals surface area contributed by atoms with E-state index in [9.17, 15) is 4.79 Å². The number of aryl methyl sites for hydroxylation is 3. The van der Waals surface area contributed by atoms with Gasteiger partial charge in [-0.15, -0.1) is 0 Å². The Labute approximate surface area is 137 Å². The molecule has 23 heavy (non-hydrogen) atoms. The Hall–Kier alpha value is -2.43. The highest BCUT2D eigenvalue weighted by Crippen LogP contribution is 2.19. The number of amides is 1. The van der Waals surface area contributed by atoms with Crippen LogP contribution in [0.15, 0.2) is 24.3 Å². The number of nitrogens with one attached hydrogen (secondary N) is 2. The molecule has 0 radical (unpaired) electrons. The number of carbonyl (C=O) groups is 1. The van der Waals surface area contributed by atoms with E-state index >= 15 is 0 Å². The first kappa shape index (κ1) is 16.9. The summed E-state index contributed by atoms with van der Waals surface area (Å²) in [5, 5.41) is 6.13. The van der Waals surface area contributed by atoms with Gasteiger partial charge in [-0.05, 0) is 51.8 Å². The summed E-state index contributed by atoms with van der Waals surface area (Å²) in [7, 11) is 0. The smallest absolute Gasteiger partial charge is 0.270 e. The maximum atomic E-state index is 12.3. The first-order valence-corrected chi connectivity index (χ1v) is 7.90. The van der Waals surface area contributed by atoms with Gasteiger partial charge in [-0.2, -0.15) is 0 Å². The lowest BCUT2D eigenvalue weighted by Gasteiger charge is -2.13. The SMILES string of the molecule is CCC(C)NC(=O)c1cc(C)nc(Nc2ccc(C)cc2C)n1. The van der Waals surface area contributed by atoms with E-state index < -0.39 is 0 Å². The molecule has 0 saturated heterocycles. The topological polar surface area (TPSA) is 66.9 Å². The second kappa shape index (κ2) is 7.22. The summed E-state index contributed by atoms with van der Waals surface area (Å²) in [6.07, 6.45) is 0.878. The van der Waals surface area contributed by atoms with Crippen LogP contribution in [-0.2, 0) is 0 Å². The third kappa shape index (κ3) is 4.52. The van der Waals surface area contributed by atoms with E-state index in [4.69, 9.17) is 0 Å². The molecular weight excluding hydrogens is 288 g/mol. The largest absolute Gasteiger partial charge is 0.348 e. The van der Waals surface area contributed by atoms with Crippen LogP contribution in [0, 0.1) is 20.8 Å². The fourth-order valence-corrected chi connectivity index (χ4v) is 2.21. The molecule has 122 valence electrons. The molecule has 2 rings (SSSR count). The Bertz CT molecular complexity index is 712. The van der Waals surface area contributed by atoms with E-state index in [1.54, 1.807) is 6.07 Å². The van der Waals surface area contributed by atoms with E-state index in [1.165, 1.54) is 5.56 Å². The summed E-state index contributed by atoms with van der Waals surface area (Å²) in [4.78, 5) is 21.0. The zero-order valence-corrected chi connectivity index (χ0v) is 14.4. The summed E-state index contributed by atoms with van der Waals surface area (Å²) in [6.45, 7) is 9.94. The molecule has 0 saturated carbocycles. The Morgan fingerprint density at radius 2 is 1.91 bits per heavy atom. The molecule has 2 N–H and O–H groups in total. The molecule has 1 atom stereocenters. The van der Waals surface area contributed by atoms with Crippen molar-refractivity contribution in [3.8, 4) is 0 Å². The fourth-order valence-electron chi connectivity index (χ4n) is 2.21. The van der Waals surface area contributed by atoms with Gasteiger partial charge in [0.1, 0.15) is 5.69 Å². The van der Waals surface area contributed by atoms with Crippen molar-refractivity contribution < 1.29 is 4.79 Å². The fraction of sp³-hybridized carbons (Fsp3) is 0.389.